The minimum absolute atomic E-state index is 0.268. The van der Waals surface area contributed by atoms with Crippen LogP contribution in [0, 0.1) is 0 Å². The number of methoxy groups -OCH3 is 1. The van der Waals surface area contributed by atoms with Gasteiger partial charge >= 0.3 is 0 Å². The summed E-state index contributed by atoms with van der Waals surface area (Å²) < 4.78 is 5.02. The quantitative estimate of drug-likeness (QED) is 0.736. The molecule has 0 fully saturated rings. The van der Waals surface area contributed by atoms with E-state index < -0.39 is 0 Å². The maximum absolute atomic E-state index is 12.3. The molecule has 0 saturated carbocycles. The number of benzene rings is 1. The summed E-state index contributed by atoms with van der Waals surface area (Å²) in [6.07, 6.45) is 5.88. The van der Waals surface area contributed by atoms with Crippen molar-refractivity contribution in [3.05, 3.63) is 29.8 Å². The van der Waals surface area contributed by atoms with E-state index in [0.29, 0.717) is 6.42 Å². The second-order valence-electron chi connectivity index (χ2n) is 5.08. The van der Waals surface area contributed by atoms with Gasteiger partial charge in [0.2, 0.25) is 5.91 Å². The summed E-state index contributed by atoms with van der Waals surface area (Å²) >= 11 is 0. The number of carbonyl (C=O) groups excluding carboxylic acids is 1. The maximum atomic E-state index is 12.3. The number of hydrogen-bond donors (Lipinski definition) is 0. The first-order chi connectivity index (χ1) is 9.33. The summed E-state index contributed by atoms with van der Waals surface area (Å²) in [6, 6.07) is 8.27. The number of fused-ring (bicyclic) bond motifs is 1. The molecule has 1 heterocycles. The van der Waals surface area contributed by atoms with E-state index in [4.69, 9.17) is 4.74 Å². The van der Waals surface area contributed by atoms with Gasteiger partial charge in [-0.25, -0.2) is 0 Å². The van der Waals surface area contributed by atoms with Crippen LogP contribution in [-0.2, 0) is 16.0 Å². The normalized spacial score (nSPS) is 14.3. The molecule has 0 spiro atoms. The number of unbranched alkanes of at least 4 members (excludes halogenated alkanes) is 2. The van der Waals surface area contributed by atoms with Crippen LogP contribution in [0.15, 0.2) is 24.3 Å². The summed E-state index contributed by atoms with van der Waals surface area (Å²) in [7, 11) is 1.72. The van der Waals surface area contributed by atoms with E-state index in [9.17, 15) is 4.79 Å². The maximum Gasteiger partial charge on any atom is 0.226 e. The SMILES string of the molecule is COCCCCCC(=O)N1CCCc2ccccc21. The third-order valence-electron chi connectivity index (χ3n) is 3.65. The van der Waals surface area contributed by atoms with Crippen LogP contribution < -0.4 is 4.90 Å². The van der Waals surface area contributed by atoms with Crippen LogP contribution in [0.25, 0.3) is 0 Å². The van der Waals surface area contributed by atoms with Crippen molar-refractivity contribution in [1.29, 1.82) is 0 Å². The van der Waals surface area contributed by atoms with Crippen LogP contribution in [-0.4, -0.2) is 26.2 Å². The van der Waals surface area contributed by atoms with Crippen molar-refractivity contribution in [3.63, 3.8) is 0 Å². The van der Waals surface area contributed by atoms with E-state index in [1.54, 1.807) is 7.11 Å². The Hall–Kier alpha value is -1.35. The van der Waals surface area contributed by atoms with E-state index >= 15 is 0 Å². The smallest absolute Gasteiger partial charge is 0.226 e. The second kappa shape index (κ2) is 7.29. The summed E-state index contributed by atoms with van der Waals surface area (Å²) in [5, 5.41) is 0. The van der Waals surface area contributed by atoms with Crippen molar-refractivity contribution in [3.8, 4) is 0 Å². The van der Waals surface area contributed by atoms with Crippen molar-refractivity contribution >= 4 is 11.6 Å². The fourth-order valence-corrected chi connectivity index (χ4v) is 2.63. The van der Waals surface area contributed by atoms with Crippen LogP contribution in [0.2, 0.25) is 0 Å². The highest BCUT2D eigenvalue weighted by atomic mass is 16.5. The van der Waals surface area contributed by atoms with Gasteiger partial charge in [-0.3, -0.25) is 4.79 Å². The van der Waals surface area contributed by atoms with Crippen molar-refractivity contribution < 1.29 is 9.53 Å². The lowest BCUT2D eigenvalue weighted by molar-refractivity contribution is -0.118. The number of ether oxygens (including phenoxy) is 1. The lowest BCUT2D eigenvalue weighted by Crippen LogP contribution is -2.35. The Bertz CT molecular complexity index is 417. The molecule has 3 heteroatoms. The molecule has 0 unspecified atom stereocenters. The molecule has 0 radical (unpaired) electrons. The van der Waals surface area contributed by atoms with Gasteiger partial charge < -0.3 is 9.64 Å². The van der Waals surface area contributed by atoms with Gasteiger partial charge in [-0.15, -0.1) is 0 Å². The zero-order valence-electron chi connectivity index (χ0n) is 11.7. The van der Waals surface area contributed by atoms with Gasteiger partial charge in [-0.1, -0.05) is 24.6 Å². The number of nitrogens with zero attached hydrogens (tertiary/aromatic N) is 1. The zero-order chi connectivity index (χ0) is 13.5. The minimum atomic E-state index is 0.268. The fraction of sp³-hybridized carbons (Fsp3) is 0.562. The first-order valence-electron chi connectivity index (χ1n) is 7.20. The van der Waals surface area contributed by atoms with Gasteiger partial charge in [-0.2, -0.15) is 0 Å². The van der Waals surface area contributed by atoms with Gasteiger partial charge in [0.15, 0.2) is 0 Å². The van der Waals surface area contributed by atoms with Gasteiger partial charge in [-0.05, 0) is 37.3 Å². The first kappa shape index (κ1) is 14.1. The molecule has 1 aliphatic heterocycles. The Labute approximate surface area is 115 Å². The predicted molar refractivity (Wildman–Crippen MR) is 77.5 cm³/mol. The van der Waals surface area contributed by atoms with Crippen LogP contribution in [0.1, 0.15) is 37.7 Å². The van der Waals surface area contributed by atoms with E-state index in [0.717, 1.165) is 50.9 Å². The van der Waals surface area contributed by atoms with Gasteiger partial charge in [0.25, 0.3) is 0 Å². The van der Waals surface area contributed by atoms with Gasteiger partial charge in [0.1, 0.15) is 0 Å². The van der Waals surface area contributed by atoms with E-state index in [1.165, 1.54) is 5.56 Å². The molecular formula is C16H23NO2. The minimum Gasteiger partial charge on any atom is -0.385 e. The summed E-state index contributed by atoms with van der Waals surface area (Å²) in [4.78, 5) is 14.3. The number of aryl methyl sites for hydroxylation is 1. The number of rotatable bonds is 6. The molecule has 104 valence electrons. The molecular weight excluding hydrogens is 238 g/mol. The Morgan fingerprint density at radius 2 is 2.11 bits per heavy atom. The van der Waals surface area contributed by atoms with E-state index in [2.05, 4.69) is 18.2 Å². The fourth-order valence-electron chi connectivity index (χ4n) is 2.63. The molecule has 1 aromatic carbocycles. The molecule has 0 aliphatic carbocycles. The topological polar surface area (TPSA) is 29.5 Å². The monoisotopic (exact) mass is 261 g/mol. The third-order valence-corrected chi connectivity index (χ3v) is 3.65. The number of hydrogen-bond acceptors (Lipinski definition) is 2. The second-order valence-corrected chi connectivity index (χ2v) is 5.08. The van der Waals surface area contributed by atoms with Crippen molar-refractivity contribution in [2.24, 2.45) is 0 Å². The lowest BCUT2D eigenvalue weighted by Gasteiger charge is -2.29. The number of carbonyl (C=O) groups is 1. The standard InChI is InChI=1S/C16H23NO2/c1-19-13-6-2-3-11-16(18)17-12-7-9-14-8-4-5-10-15(14)17/h4-5,8,10H,2-3,6-7,9,11-13H2,1H3. The van der Waals surface area contributed by atoms with E-state index in [-0.39, 0.29) is 5.91 Å². The van der Waals surface area contributed by atoms with Crippen LogP contribution in [0.4, 0.5) is 5.69 Å². The lowest BCUT2D eigenvalue weighted by atomic mass is 10.0. The molecule has 0 atom stereocenters. The Kier molecular flexibility index (Phi) is 5.40. The Morgan fingerprint density at radius 3 is 2.95 bits per heavy atom. The van der Waals surface area contributed by atoms with Gasteiger partial charge in [0, 0.05) is 32.4 Å². The summed E-state index contributed by atoms with van der Waals surface area (Å²) in [5.41, 5.74) is 2.43. The zero-order valence-corrected chi connectivity index (χ0v) is 11.7. The number of amides is 1. The molecule has 1 aliphatic rings. The molecule has 1 aromatic rings. The number of anilines is 1. The molecule has 2 rings (SSSR count). The molecule has 0 saturated heterocycles. The largest absolute Gasteiger partial charge is 0.385 e. The van der Waals surface area contributed by atoms with Crippen LogP contribution in [0.5, 0.6) is 0 Å². The highest BCUT2D eigenvalue weighted by Crippen LogP contribution is 2.27. The molecule has 0 bridgehead atoms. The third kappa shape index (κ3) is 3.80. The first-order valence-corrected chi connectivity index (χ1v) is 7.20. The van der Waals surface area contributed by atoms with Crippen molar-refractivity contribution in [1.82, 2.24) is 0 Å². The van der Waals surface area contributed by atoms with Crippen LogP contribution >= 0.6 is 0 Å². The highest BCUT2D eigenvalue weighted by Gasteiger charge is 2.21. The Morgan fingerprint density at radius 1 is 1.26 bits per heavy atom. The molecule has 19 heavy (non-hydrogen) atoms. The predicted octanol–water partition coefficient (Wildman–Crippen LogP) is 3.17. The average Bonchev–Trinajstić information content (AvgIpc) is 2.46. The van der Waals surface area contributed by atoms with E-state index in [1.807, 2.05) is 11.0 Å². The molecule has 0 N–H and O–H groups in total. The van der Waals surface area contributed by atoms with Crippen LogP contribution in [0.3, 0.4) is 0 Å². The molecule has 0 aromatic heterocycles. The van der Waals surface area contributed by atoms with Gasteiger partial charge in [0.05, 0.1) is 0 Å². The van der Waals surface area contributed by atoms with Crippen molar-refractivity contribution in [2.45, 2.75) is 38.5 Å². The summed E-state index contributed by atoms with van der Waals surface area (Å²) in [5.74, 6) is 0.268. The number of para-hydroxylation sites is 1. The highest BCUT2D eigenvalue weighted by molar-refractivity contribution is 5.94. The molecule has 1 amide bonds. The Balaban J connectivity index is 1.86. The van der Waals surface area contributed by atoms with Crippen molar-refractivity contribution in [2.75, 3.05) is 25.2 Å². The average molecular weight is 261 g/mol. The summed E-state index contributed by atoms with van der Waals surface area (Å²) in [6.45, 7) is 1.66. The molecule has 3 nitrogen and oxygen atoms in total.